The van der Waals surface area contributed by atoms with E-state index in [4.69, 9.17) is 4.74 Å². The molecule has 154 valence electrons. The van der Waals surface area contributed by atoms with Crippen LogP contribution in [0.4, 0.5) is 4.79 Å². The number of nitrogens with zero attached hydrogens (tertiary/aromatic N) is 1. The van der Waals surface area contributed by atoms with Crippen LogP contribution in [0.15, 0.2) is 53.5 Å². The summed E-state index contributed by atoms with van der Waals surface area (Å²) in [6, 6.07) is 6.46. The zero-order valence-electron chi connectivity index (χ0n) is 16.2. The first-order valence-corrected chi connectivity index (χ1v) is 10.0. The van der Waals surface area contributed by atoms with Crippen LogP contribution < -0.4 is 0 Å². The van der Waals surface area contributed by atoms with E-state index in [-0.39, 0.29) is 31.2 Å². The molecule has 0 N–H and O–H groups in total. The van der Waals surface area contributed by atoms with E-state index in [1.807, 2.05) is 6.92 Å². The Hall–Kier alpha value is -2.65. The van der Waals surface area contributed by atoms with Gasteiger partial charge in [0.1, 0.15) is 6.61 Å². The largest absolute Gasteiger partial charge is 0.508 e. The number of rotatable bonds is 10. The minimum absolute atomic E-state index is 0.0217. The molecule has 0 radical (unpaired) electrons. The smallest absolute Gasteiger partial charge is 0.466 e. The van der Waals surface area contributed by atoms with E-state index in [9.17, 15) is 18.0 Å². The predicted molar refractivity (Wildman–Crippen MR) is 103 cm³/mol. The second-order valence-corrected chi connectivity index (χ2v) is 7.46. The molecule has 9 heteroatoms. The molecule has 0 aliphatic rings. The summed E-state index contributed by atoms with van der Waals surface area (Å²) in [6.45, 7) is 3.67. The highest BCUT2D eigenvalue weighted by Crippen LogP contribution is 2.16. The van der Waals surface area contributed by atoms with Gasteiger partial charge in [0.25, 0.3) is 0 Å². The van der Waals surface area contributed by atoms with Gasteiger partial charge >= 0.3 is 12.1 Å². The van der Waals surface area contributed by atoms with Gasteiger partial charge in [-0.15, -0.1) is 0 Å². The maximum atomic E-state index is 12.9. The van der Waals surface area contributed by atoms with Crippen molar-refractivity contribution in [1.82, 2.24) is 4.31 Å². The van der Waals surface area contributed by atoms with Crippen LogP contribution in [-0.4, -0.2) is 58.3 Å². The number of methoxy groups -OCH3 is 1. The van der Waals surface area contributed by atoms with Gasteiger partial charge in [-0.1, -0.05) is 29.8 Å². The second-order valence-electron chi connectivity index (χ2n) is 5.53. The van der Waals surface area contributed by atoms with Gasteiger partial charge in [-0.2, -0.15) is 4.31 Å². The molecule has 0 bridgehead atoms. The molecule has 0 saturated carbocycles. The quantitative estimate of drug-likeness (QED) is 0.331. The molecule has 1 aromatic rings. The van der Waals surface area contributed by atoms with Crippen LogP contribution >= 0.6 is 0 Å². The maximum absolute atomic E-state index is 12.9. The first-order chi connectivity index (χ1) is 13.3. The van der Waals surface area contributed by atoms with Crippen molar-refractivity contribution in [2.75, 3.05) is 33.4 Å². The number of esters is 1. The van der Waals surface area contributed by atoms with Crippen LogP contribution in [0.1, 0.15) is 12.5 Å². The van der Waals surface area contributed by atoms with E-state index in [1.165, 1.54) is 35.7 Å². The minimum Gasteiger partial charge on any atom is -0.466 e. The summed E-state index contributed by atoms with van der Waals surface area (Å²) < 4.78 is 40.9. The Morgan fingerprint density at radius 1 is 1.04 bits per heavy atom. The molecular formula is C19H25NO7S. The number of benzene rings is 1. The lowest BCUT2D eigenvalue weighted by Crippen LogP contribution is -2.31. The summed E-state index contributed by atoms with van der Waals surface area (Å²) in [4.78, 5) is 22.5. The van der Waals surface area contributed by atoms with Crippen LogP contribution in [0.2, 0.25) is 0 Å². The summed E-state index contributed by atoms with van der Waals surface area (Å²) in [5.41, 5.74) is 0.937. The zero-order valence-corrected chi connectivity index (χ0v) is 17.0. The lowest BCUT2D eigenvalue weighted by atomic mass is 10.2. The first-order valence-electron chi connectivity index (χ1n) is 8.57. The highest BCUT2D eigenvalue weighted by molar-refractivity contribution is 7.89. The molecule has 1 aromatic carbocycles. The topological polar surface area (TPSA) is 99.2 Å². The highest BCUT2D eigenvalue weighted by Gasteiger charge is 2.22. The third-order valence-electron chi connectivity index (χ3n) is 3.46. The van der Waals surface area contributed by atoms with Crippen molar-refractivity contribution >= 4 is 22.1 Å². The summed E-state index contributed by atoms with van der Waals surface area (Å²) >= 11 is 0. The summed E-state index contributed by atoms with van der Waals surface area (Å²) in [5, 5.41) is 0. The number of carbonyl (C=O) groups excluding carboxylic acids is 2. The van der Waals surface area contributed by atoms with E-state index < -0.39 is 22.1 Å². The second kappa shape index (κ2) is 11.9. The molecule has 0 atom stereocenters. The van der Waals surface area contributed by atoms with Gasteiger partial charge in [0.05, 0.1) is 18.6 Å². The van der Waals surface area contributed by atoms with Crippen LogP contribution in [0.3, 0.4) is 0 Å². The van der Waals surface area contributed by atoms with Gasteiger partial charge in [-0.25, -0.2) is 18.0 Å². The van der Waals surface area contributed by atoms with Crippen molar-refractivity contribution in [2.45, 2.75) is 18.7 Å². The van der Waals surface area contributed by atoms with Crippen LogP contribution in [0.25, 0.3) is 0 Å². The van der Waals surface area contributed by atoms with E-state index in [2.05, 4.69) is 9.47 Å². The fourth-order valence-electron chi connectivity index (χ4n) is 2.00. The standard InChI is InChI=1S/C19H25NO7S/c1-4-26-19(22)27-15-6-5-13-20(14-7-8-18(21)25-3)28(23,24)17-11-9-16(2)10-12-17/h5-12H,4,13-15H2,1-3H3/b6-5-,8-7+. The normalized spacial score (nSPS) is 11.9. The van der Waals surface area contributed by atoms with E-state index in [0.29, 0.717) is 0 Å². The fourth-order valence-corrected chi connectivity index (χ4v) is 3.34. The lowest BCUT2D eigenvalue weighted by molar-refractivity contribution is -0.134. The molecule has 28 heavy (non-hydrogen) atoms. The molecule has 0 spiro atoms. The van der Waals surface area contributed by atoms with Gasteiger partial charge in [-0.3, -0.25) is 0 Å². The van der Waals surface area contributed by atoms with Crippen LogP contribution in [0.5, 0.6) is 0 Å². The monoisotopic (exact) mass is 411 g/mol. The van der Waals surface area contributed by atoms with Crippen molar-refractivity contribution in [3.8, 4) is 0 Å². The Labute approximate surface area is 165 Å². The molecule has 0 fully saturated rings. The van der Waals surface area contributed by atoms with E-state index >= 15 is 0 Å². The van der Waals surface area contributed by atoms with Gasteiger partial charge in [0.15, 0.2) is 0 Å². The molecular weight excluding hydrogens is 386 g/mol. The number of hydrogen-bond donors (Lipinski definition) is 0. The SMILES string of the molecule is CCOC(=O)OC/C=C\CN(C/C=C/C(=O)OC)S(=O)(=O)c1ccc(C)cc1. The average Bonchev–Trinajstić information content (AvgIpc) is 2.66. The van der Waals surface area contributed by atoms with E-state index in [1.54, 1.807) is 25.1 Å². The van der Waals surface area contributed by atoms with Crippen molar-refractivity contribution in [3.05, 3.63) is 54.1 Å². The Morgan fingerprint density at radius 2 is 1.68 bits per heavy atom. The Kier molecular flexibility index (Phi) is 9.97. The Balaban J connectivity index is 2.86. The lowest BCUT2D eigenvalue weighted by Gasteiger charge is -2.19. The number of carbonyl (C=O) groups is 2. The minimum atomic E-state index is -3.79. The predicted octanol–water partition coefficient (Wildman–Crippen LogP) is 2.44. The van der Waals surface area contributed by atoms with E-state index in [0.717, 1.165) is 11.6 Å². The number of sulfonamides is 1. The summed E-state index contributed by atoms with van der Waals surface area (Å²) in [6.07, 6.45) is 4.83. The van der Waals surface area contributed by atoms with Crippen molar-refractivity contribution in [2.24, 2.45) is 0 Å². The molecule has 0 aliphatic heterocycles. The zero-order chi connectivity index (χ0) is 21.0. The van der Waals surface area contributed by atoms with Gasteiger partial charge in [-0.05, 0) is 32.1 Å². The molecule has 0 saturated heterocycles. The number of hydrogen-bond acceptors (Lipinski definition) is 7. The third kappa shape index (κ3) is 7.93. The van der Waals surface area contributed by atoms with Crippen molar-refractivity contribution in [3.63, 3.8) is 0 Å². The molecule has 1 rings (SSSR count). The fraction of sp³-hybridized carbons (Fsp3) is 0.368. The van der Waals surface area contributed by atoms with Crippen molar-refractivity contribution < 1.29 is 32.2 Å². The molecule has 0 amide bonds. The molecule has 0 aliphatic carbocycles. The van der Waals surface area contributed by atoms with Gasteiger partial charge < -0.3 is 14.2 Å². The van der Waals surface area contributed by atoms with Gasteiger partial charge in [0, 0.05) is 19.2 Å². The molecule has 0 aromatic heterocycles. The highest BCUT2D eigenvalue weighted by atomic mass is 32.2. The summed E-state index contributed by atoms with van der Waals surface area (Å²) in [7, 11) is -2.55. The average molecular weight is 411 g/mol. The third-order valence-corrected chi connectivity index (χ3v) is 5.30. The Morgan fingerprint density at radius 3 is 2.29 bits per heavy atom. The number of aryl methyl sites for hydroxylation is 1. The molecule has 0 heterocycles. The van der Waals surface area contributed by atoms with Crippen LogP contribution in [0, 0.1) is 6.92 Å². The Bertz CT molecular complexity index is 798. The first kappa shape index (κ1) is 23.4. The molecule has 8 nitrogen and oxygen atoms in total. The number of ether oxygens (including phenoxy) is 3. The maximum Gasteiger partial charge on any atom is 0.508 e. The van der Waals surface area contributed by atoms with Crippen molar-refractivity contribution in [1.29, 1.82) is 0 Å². The van der Waals surface area contributed by atoms with Crippen LogP contribution in [-0.2, 0) is 29.0 Å². The molecule has 0 unspecified atom stereocenters. The summed E-state index contributed by atoms with van der Waals surface area (Å²) in [5.74, 6) is -0.578. The van der Waals surface area contributed by atoms with Gasteiger partial charge in [0.2, 0.25) is 10.0 Å².